The molecule has 0 fully saturated rings. The summed E-state index contributed by atoms with van der Waals surface area (Å²) in [6, 6.07) is 0. The quantitative estimate of drug-likeness (QED) is 0.607. The molecule has 0 aliphatic heterocycles. The van der Waals surface area contributed by atoms with Crippen LogP contribution in [0, 0.1) is 5.41 Å². The van der Waals surface area contributed by atoms with E-state index in [0.717, 1.165) is 0 Å². The number of esters is 1. The minimum absolute atomic E-state index is 0.0906. The van der Waals surface area contributed by atoms with Gasteiger partial charge in [0.1, 0.15) is 5.78 Å². The van der Waals surface area contributed by atoms with Crippen molar-refractivity contribution in [2.24, 2.45) is 5.41 Å². The van der Waals surface area contributed by atoms with Crippen molar-refractivity contribution >= 4 is 11.8 Å². The van der Waals surface area contributed by atoms with Gasteiger partial charge in [-0.15, -0.1) is 0 Å². The zero-order valence-electron chi connectivity index (χ0n) is 8.14. The maximum atomic E-state index is 11.3. The Balaban J connectivity index is 3.81. The molecule has 70 valence electrons. The first kappa shape index (κ1) is 11.1. The standard InChI is InChI=1S/C9H16O3/c1-9(2,3)7(10)5-6-8(11)12-4/h5-6H2,1-4H3. The van der Waals surface area contributed by atoms with Crippen LogP contribution in [0.25, 0.3) is 0 Å². The zero-order chi connectivity index (χ0) is 9.78. The van der Waals surface area contributed by atoms with Gasteiger partial charge in [0.2, 0.25) is 0 Å². The van der Waals surface area contributed by atoms with E-state index in [1.807, 2.05) is 20.8 Å². The van der Waals surface area contributed by atoms with Crippen molar-refractivity contribution in [3.8, 4) is 0 Å². The Bertz CT molecular complexity index is 177. The van der Waals surface area contributed by atoms with E-state index in [1.165, 1.54) is 7.11 Å². The molecular weight excluding hydrogens is 156 g/mol. The molecular formula is C9H16O3. The predicted molar refractivity (Wildman–Crippen MR) is 45.7 cm³/mol. The Morgan fingerprint density at radius 2 is 1.67 bits per heavy atom. The van der Waals surface area contributed by atoms with Crippen LogP contribution in [0.3, 0.4) is 0 Å². The summed E-state index contributed by atoms with van der Waals surface area (Å²) in [6.07, 6.45) is 0.461. The second-order valence-corrected chi connectivity index (χ2v) is 3.75. The van der Waals surface area contributed by atoms with Gasteiger partial charge in [-0.3, -0.25) is 9.59 Å². The summed E-state index contributed by atoms with van der Waals surface area (Å²) >= 11 is 0. The van der Waals surface area contributed by atoms with Gasteiger partial charge in [0.25, 0.3) is 0 Å². The first-order valence-electron chi connectivity index (χ1n) is 3.98. The summed E-state index contributed by atoms with van der Waals surface area (Å²) in [7, 11) is 1.32. The van der Waals surface area contributed by atoms with Crippen LogP contribution in [0.15, 0.2) is 0 Å². The van der Waals surface area contributed by atoms with Gasteiger partial charge in [0.15, 0.2) is 0 Å². The summed E-state index contributed by atoms with van der Waals surface area (Å²) in [4.78, 5) is 21.9. The lowest BCUT2D eigenvalue weighted by Gasteiger charge is -2.15. The zero-order valence-corrected chi connectivity index (χ0v) is 8.14. The van der Waals surface area contributed by atoms with Crippen LogP contribution in [0.2, 0.25) is 0 Å². The normalized spacial score (nSPS) is 11.0. The van der Waals surface area contributed by atoms with Gasteiger partial charge >= 0.3 is 5.97 Å². The topological polar surface area (TPSA) is 43.4 Å². The number of carbonyl (C=O) groups excluding carboxylic acids is 2. The summed E-state index contributed by atoms with van der Waals surface area (Å²) in [5.41, 5.74) is -0.353. The molecule has 0 heterocycles. The van der Waals surface area contributed by atoms with Crippen molar-refractivity contribution in [2.75, 3.05) is 7.11 Å². The largest absolute Gasteiger partial charge is 0.469 e. The lowest BCUT2D eigenvalue weighted by molar-refractivity contribution is -0.142. The van der Waals surface area contributed by atoms with E-state index in [1.54, 1.807) is 0 Å². The van der Waals surface area contributed by atoms with Crippen molar-refractivity contribution in [1.29, 1.82) is 0 Å². The van der Waals surface area contributed by atoms with E-state index >= 15 is 0 Å². The molecule has 0 amide bonds. The molecule has 0 aromatic carbocycles. The first-order valence-corrected chi connectivity index (χ1v) is 3.98. The van der Waals surface area contributed by atoms with E-state index in [9.17, 15) is 9.59 Å². The minimum atomic E-state index is -0.353. The number of carbonyl (C=O) groups is 2. The van der Waals surface area contributed by atoms with Gasteiger partial charge in [0, 0.05) is 11.8 Å². The molecule has 3 heteroatoms. The average molecular weight is 172 g/mol. The molecule has 0 atom stereocenters. The van der Waals surface area contributed by atoms with Gasteiger partial charge < -0.3 is 4.74 Å². The maximum Gasteiger partial charge on any atom is 0.305 e. The van der Waals surface area contributed by atoms with Crippen LogP contribution < -0.4 is 0 Å². The fourth-order valence-corrected chi connectivity index (χ4v) is 0.693. The van der Waals surface area contributed by atoms with Crippen LogP contribution in [-0.4, -0.2) is 18.9 Å². The summed E-state index contributed by atoms with van der Waals surface area (Å²) in [6.45, 7) is 5.52. The fourth-order valence-electron chi connectivity index (χ4n) is 0.693. The minimum Gasteiger partial charge on any atom is -0.469 e. The van der Waals surface area contributed by atoms with Crippen LogP contribution in [0.4, 0.5) is 0 Å². The van der Waals surface area contributed by atoms with Gasteiger partial charge in [0.05, 0.1) is 13.5 Å². The summed E-state index contributed by atoms with van der Waals surface area (Å²) in [5, 5.41) is 0. The Morgan fingerprint density at radius 1 is 1.17 bits per heavy atom. The third kappa shape index (κ3) is 4.11. The Labute approximate surface area is 73.1 Å². The third-order valence-electron chi connectivity index (χ3n) is 1.62. The van der Waals surface area contributed by atoms with Crippen molar-refractivity contribution in [3.05, 3.63) is 0 Å². The molecule has 3 nitrogen and oxygen atoms in total. The monoisotopic (exact) mass is 172 g/mol. The van der Waals surface area contributed by atoms with E-state index in [-0.39, 0.29) is 30.0 Å². The molecule has 0 aromatic rings. The van der Waals surface area contributed by atoms with Crippen molar-refractivity contribution in [3.63, 3.8) is 0 Å². The predicted octanol–water partition coefficient (Wildman–Crippen LogP) is 1.55. The number of ketones is 1. The Hall–Kier alpha value is -0.860. The molecule has 0 radical (unpaired) electrons. The second-order valence-electron chi connectivity index (χ2n) is 3.75. The summed E-state index contributed by atoms with van der Waals surface area (Å²) < 4.78 is 4.42. The van der Waals surface area contributed by atoms with E-state index in [0.29, 0.717) is 0 Å². The average Bonchev–Trinajstić information content (AvgIpc) is 1.97. The molecule has 12 heavy (non-hydrogen) atoms. The van der Waals surface area contributed by atoms with E-state index in [2.05, 4.69) is 4.74 Å². The van der Waals surface area contributed by atoms with Gasteiger partial charge in [-0.25, -0.2) is 0 Å². The first-order chi connectivity index (χ1) is 5.38. The van der Waals surface area contributed by atoms with E-state index in [4.69, 9.17) is 0 Å². The molecule has 0 saturated carbocycles. The fraction of sp³-hybridized carbons (Fsp3) is 0.778. The van der Waals surface area contributed by atoms with Crippen LogP contribution >= 0.6 is 0 Å². The molecule has 0 aromatic heterocycles. The Morgan fingerprint density at radius 3 is 2.00 bits per heavy atom. The van der Waals surface area contributed by atoms with Crippen LogP contribution in [0.1, 0.15) is 33.6 Å². The van der Waals surface area contributed by atoms with Crippen LogP contribution in [0.5, 0.6) is 0 Å². The highest BCUT2D eigenvalue weighted by atomic mass is 16.5. The molecule has 0 spiro atoms. The van der Waals surface area contributed by atoms with Gasteiger partial charge in [-0.05, 0) is 0 Å². The molecule has 0 N–H and O–H groups in total. The number of methoxy groups -OCH3 is 1. The molecule has 0 bridgehead atoms. The molecule has 0 aliphatic carbocycles. The highest BCUT2D eigenvalue weighted by molar-refractivity contribution is 5.86. The number of ether oxygens (including phenoxy) is 1. The van der Waals surface area contributed by atoms with Crippen molar-refractivity contribution in [2.45, 2.75) is 33.6 Å². The van der Waals surface area contributed by atoms with Gasteiger partial charge in [-0.2, -0.15) is 0 Å². The number of hydrogen-bond donors (Lipinski definition) is 0. The van der Waals surface area contributed by atoms with Crippen LogP contribution in [-0.2, 0) is 14.3 Å². The van der Waals surface area contributed by atoms with Crippen molar-refractivity contribution < 1.29 is 14.3 Å². The SMILES string of the molecule is COC(=O)CCC(=O)C(C)(C)C. The van der Waals surface area contributed by atoms with Gasteiger partial charge in [-0.1, -0.05) is 20.8 Å². The third-order valence-corrected chi connectivity index (χ3v) is 1.62. The molecule has 0 rings (SSSR count). The second kappa shape index (κ2) is 4.24. The maximum absolute atomic E-state index is 11.3. The number of hydrogen-bond acceptors (Lipinski definition) is 3. The molecule has 0 unspecified atom stereocenters. The lowest BCUT2D eigenvalue weighted by atomic mass is 9.88. The number of rotatable bonds is 3. The molecule has 0 aliphatic rings. The smallest absolute Gasteiger partial charge is 0.305 e. The van der Waals surface area contributed by atoms with E-state index < -0.39 is 0 Å². The van der Waals surface area contributed by atoms with Crippen molar-refractivity contribution in [1.82, 2.24) is 0 Å². The lowest BCUT2D eigenvalue weighted by Crippen LogP contribution is -2.20. The summed E-state index contributed by atoms with van der Waals surface area (Å²) in [5.74, 6) is -0.236. The number of Topliss-reactive ketones (excluding diaryl/α,β-unsaturated/α-hetero) is 1. The highest BCUT2D eigenvalue weighted by Crippen LogP contribution is 2.17. The molecule has 0 saturated heterocycles. The Kier molecular flexibility index (Phi) is 3.93. The highest BCUT2D eigenvalue weighted by Gasteiger charge is 2.21.